The van der Waals surface area contributed by atoms with Crippen molar-refractivity contribution in [1.29, 1.82) is 0 Å². The van der Waals surface area contributed by atoms with E-state index < -0.39 is 9.84 Å². The molecule has 18 heavy (non-hydrogen) atoms. The predicted molar refractivity (Wildman–Crippen MR) is 77.9 cm³/mol. The number of anilines is 1. The van der Waals surface area contributed by atoms with Gasteiger partial charge in [0.1, 0.15) is 9.84 Å². The zero-order valence-electron chi connectivity index (χ0n) is 11.3. The molecule has 0 saturated carbocycles. The highest BCUT2D eigenvalue weighted by Gasteiger charge is 2.01. The van der Waals surface area contributed by atoms with Crippen LogP contribution in [0.25, 0.3) is 0 Å². The molecule has 102 valence electrons. The van der Waals surface area contributed by atoms with Crippen molar-refractivity contribution >= 4 is 15.5 Å². The summed E-state index contributed by atoms with van der Waals surface area (Å²) in [5.74, 6) is 0.245. The Balaban J connectivity index is 2.31. The molecule has 0 unspecified atom stereocenters. The van der Waals surface area contributed by atoms with Gasteiger partial charge in [0.05, 0.1) is 5.75 Å². The van der Waals surface area contributed by atoms with Gasteiger partial charge in [-0.15, -0.1) is 0 Å². The summed E-state index contributed by atoms with van der Waals surface area (Å²) in [6, 6.07) is 8.39. The Morgan fingerprint density at radius 3 is 2.33 bits per heavy atom. The van der Waals surface area contributed by atoms with E-state index in [1.807, 2.05) is 0 Å². The molecule has 1 rings (SSSR count). The second kappa shape index (κ2) is 7.41. The fraction of sp³-hybridized carbons (Fsp3) is 0.571. The average Bonchev–Trinajstić information content (AvgIpc) is 2.32. The van der Waals surface area contributed by atoms with E-state index in [0.717, 1.165) is 12.1 Å². The van der Waals surface area contributed by atoms with Crippen LogP contribution in [0.1, 0.15) is 31.7 Å². The Hall–Kier alpha value is -1.03. The Kier molecular flexibility index (Phi) is 6.19. The second-order valence-electron chi connectivity index (χ2n) is 4.71. The quantitative estimate of drug-likeness (QED) is 0.738. The molecule has 0 amide bonds. The van der Waals surface area contributed by atoms with Gasteiger partial charge >= 0.3 is 0 Å². The third-order valence-corrected chi connectivity index (χ3v) is 3.82. The third kappa shape index (κ3) is 6.64. The normalized spacial score (nSPS) is 11.4. The number of hydrogen-bond acceptors (Lipinski definition) is 3. The Morgan fingerprint density at radius 2 is 1.78 bits per heavy atom. The highest BCUT2D eigenvalue weighted by atomic mass is 32.2. The van der Waals surface area contributed by atoms with Crippen molar-refractivity contribution in [2.24, 2.45) is 0 Å². The van der Waals surface area contributed by atoms with E-state index >= 15 is 0 Å². The van der Waals surface area contributed by atoms with Crippen LogP contribution < -0.4 is 5.32 Å². The minimum Gasteiger partial charge on any atom is -0.385 e. The molecule has 0 saturated heterocycles. The number of unbranched alkanes of at least 4 members (excludes halogenated alkanes) is 1. The van der Waals surface area contributed by atoms with Crippen molar-refractivity contribution < 1.29 is 8.42 Å². The van der Waals surface area contributed by atoms with Crippen molar-refractivity contribution in [3.8, 4) is 0 Å². The van der Waals surface area contributed by atoms with E-state index in [9.17, 15) is 8.42 Å². The van der Waals surface area contributed by atoms with Crippen LogP contribution >= 0.6 is 0 Å². The van der Waals surface area contributed by atoms with Crippen LogP contribution in [0.5, 0.6) is 0 Å². The highest BCUT2D eigenvalue weighted by molar-refractivity contribution is 7.90. The SMILES string of the molecule is CCCCc1ccc(NCCCS(C)(=O)=O)cc1. The summed E-state index contributed by atoms with van der Waals surface area (Å²) in [7, 11) is -2.84. The largest absolute Gasteiger partial charge is 0.385 e. The van der Waals surface area contributed by atoms with Crippen molar-refractivity contribution in [3.63, 3.8) is 0 Å². The molecule has 1 aromatic rings. The lowest BCUT2D eigenvalue weighted by atomic mass is 10.1. The lowest BCUT2D eigenvalue weighted by Crippen LogP contribution is -2.09. The van der Waals surface area contributed by atoms with Gasteiger partial charge in [0, 0.05) is 18.5 Å². The van der Waals surface area contributed by atoms with Crippen LogP contribution in [0.2, 0.25) is 0 Å². The zero-order valence-corrected chi connectivity index (χ0v) is 12.1. The number of rotatable bonds is 8. The van der Waals surface area contributed by atoms with Gasteiger partial charge in [-0.25, -0.2) is 8.42 Å². The third-order valence-electron chi connectivity index (χ3n) is 2.79. The van der Waals surface area contributed by atoms with Crippen LogP contribution in [0.3, 0.4) is 0 Å². The van der Waals surface area contributed by atoms with E-state index in [-0.39, 0.29) is 5.75 Å². The first-order valence-corrected chi connectivity index (χ1v) is 8.58. The first-order chi connectivity index (χ1) is 8.51. The van der Waals surface area contributed by atoms with Crippen molar-refractivity contribution in [2.45, 2.75) is 32.6 Å². The predicted octanol–water partition coefficient (Wildman–Crippen LogP) is 2.88. The summed E-state index contributed by atoms with van der Waals surface area (Å²) < 4.78 is 21.9. The number of aryl methyl sites for hydroxylation is 1. The maximum absolute atomic E-state index is 11.0. The van der Waals surface area contributed by atoms with Crippen LogP contribution in [0, 0.1) is 0 Å². The van der Waals surface area contributed by atoms with Gasteiger partial charge in [0.25, 0.3) is 0 Å². The van der Waals surface area contributed by atoms with Crippen LogP contribution in [-0.2, 0) is 16.3 Å². The maximum atomic E-state index is 11.0. The van der Waals surface area contributed by atoms with Gasteiger partial charge in [-0.1, -0.05) is 25.5 Å². The van der Waals surface area contributed by atoms with E-state index in [1.54, 1.807) is 0 Å². The lowest BCUT2D eigenvalue weighted by Gasteiger charge is -2.07. The van der Waals surface area contributed by atoms with Gasteiger partial charge in [-0.05, 0) is 37.0 Å². The minimum atomic E-state index is -2.84. The molecule has 0 heterocycles. The van der Waals surface area contributed by atoms with Gasteiger partial charge in [0.2, 0.25) is 0 Å². The van der Waals surface area contributed by atoms with Crippen LogP contribution in [0.15, 0.2) is 24.3 Å². The van der Waals surface area contributed by atoms with Crippen molar-refractivity contribution in [3.05, 3.63) is 29.8 Å². The summed E-state index contributed by atoms with van der Waals surface area (Å²) >= 11 is 0. The van der Waals surface area contributed by atoms with Crippen molar-refractivity contribution in [1.82, 2.24) is 0 Å². The highest BCUT2D eigenvalue weighted by Crippen LogP contribution is 2.11. The van der Waals surface area contributed by atoms with E-state index in [1.165, 1.54) is 24.7 Å². The van der Waals surface area contributed by atoms with Crippen LogP contribution in [-0.4, -0.2) is 27.0 Å². The summed E-state index contributed by atoms with van der Waals surface area (Å²) in [5.41, 5.74) is 2.42. The molecule has 0 atom stereocenters. The topological polar surface area (TPSA) is 46.2 Å². The molecular formula is C14H23NO2S. The summed E-state index contributed by atoms with van der Waals surface area (Å²) in [5, 5.41) is 3.24. The van der Waals surface area contributed by atoms with E-state index in [0.29, 0.717) is 13.0 Å². The monoisotopic (exact) mass is 269 g/mol. The Morgan fingerprint density at radius 1 is 1.11 bits per heavy atom. The van der Waals surface area contributed by atoms with Crippen molar-refractivity contribution in [2.75, 3.05) is 23.9 Å². The number of sulfone groups is 1. The second-order valence-corrected chi connectivity index (χ2v) is 6.97. The molecule has 0 aliphatic carbocycles. The van der Waals surface area contributed by atoms with Gasteiger partial charge in [-0.3, -0.25) is 0 Å². The van der Waals surface area contributed by atoms with E-state index in [4.69, 9.17) is 0 Å². The average molecular weight is 269 g/mol. The fourth-order valence-corrected chi connectivity index (χ4v) is 2.41. The number of hydrogen-bond donors (Lipinski definition) is 1. The smallest absolute Gasteiger partial charge is 0.147 e. The minimum absolute atomic E-state index is 0.245. The summed E-state index contributed by atoms with van der Waals surface area (Å²) in [6.07, 6.45) is 5.49. The Labute approximate surface area is 111 Å². The molecule has 3 nitrogen and oxygen atoms in total. The molecule has 1 N–H and O–H groups in total. The first-order valence-electron chi connectivity index (χ1n) is 6.52. The molecule has 0 aromatic heterocycles. The fourth-order valence-electron chi connectivity index (χ4n) is 1.74. The molecular weight excluding hydrogens is 246 g/mol. The molecule has 0 spiro atoms. The molecule has 0 bridgehead atoms. The summed E-state index contributed by atoms with van der Waals surface area (Å²) in [6.45, 7) is 2.89. The Bertz CT molecular complexity index is 437. The molecule has 0 radical (unpaired) electrons. The number of benzene rings is 1. The van der Waals surface area contributed by atoms with Gasteiger partial charge < -0.3 is 5.32 Å². The van der Waals surface area contributed by atoms with Gasteiger partial charge in [0.15, 0.2) is 0 Å². The zero-order chi connectivity index (χ0) is 13.4. The number of nitrogens with one attached hydrogen (secondary N) is 1. The van der Waals surface area contributed by atoms with Crippen LogP contribution in [0.4, 0.5) is 5.69 Å². The molecule has 0 aliphatic rings. The molecule has 0 aliphatic heterocycles. The van der Waals surface area contributed by atoms with E-state index in [2.05, 4.69) is 36.5 Å². The molecule has 0 fully saturated rings. The van der Waals surface area contributed by atoms with Gasteiger partial charge in [-0.2, -0.15) is 0 Å². The summed E-state index contributed by atoms with van der Waals surface area (Å²) in [4.78, 5) is 0. The lowest BCUT2D eigenvalue weighted by molar-refractivity contribution is 0.600. The molecule has 4 heteroatoms. The molecule has 1 aromatic carbocycles. The standard InChI is InChI=1S/C14H23NO2S/c1-3-4-6-13-7-9-14(10-8-13)15-11-5-12-18(2,16)17/h7-10,15H,3-6,11-12H2,1-2H3. The maximum Gasteiger partial charge on any atom is 0.147 e. The first kappa shape index (κ1) is 15.0.